The Kier molecular flexibility index (Phi) is 11.3. The summed E-state index contributed by atoms with van der Waals surface area (Å²) in [6.07, 6.45) is 1.05. The van der Waals surface area contributed by atoms with Gasteiger partial charge < -0.3 is 10.6 Å². The zero-order valence-corrected chi connectivity index (χ0v) is 21.0. The van der Waals surface area contributed by atoms with Gasteiger partial charge in [-0.1, -0.05) is 30.3 Å². The highest BCUT2D eigenvalue weighted by molar-refractivity contribution is 14.0. The molecule has 2 aromatic rings. The molecule has 1 unspecified atom stereocenters. The summed E-state index contributed by atoms with van der Waals surface area (Å²) in [5.74, 6) is 0.864. The van der Waals surface area contributed by atoms with Crippen LogP contribution in [0.4, 0.5) is 0 Å². The second-order valence-electron chi connectivity index (χ2n) is 7.43. The second-order valence-corrected chi connectivity index (χ2v) is 7.43. The molecular formula is C22H37IN6. The number of nitrogens with one attached hydrogen (secondary N) is 2. The zero-order valence-electron chi connectivity index (χ0n) is 18.7. The van der Waals surface area contributed by atoms with Crippen LogP contribution in [0.5, 0.6) is 0 Å². The number of aromatic nitrogens is 2. The van der Waals surface area contributed by atoms with Crippen LogP contribution in [0.3, 0.4) is 0 Å². The van der Waals surface area contributed by atoms with Crippen molar-refractivity contribution in [2.45, 2.75) is 53.2 Å². The lowest BCUT2D eigenvalue weighted by Crippen LogP contribution is -2.40. The topological polar surface area (TPSA) is 57.5 Å². The molecule has 0 aliphatic rings. The summed E-state index contributed by atoms with van der Waals surface area (Å²) in [6, 6.07) is 11.1. The maximum absolute atomic E-state index is 4.76. The van der Waals surface area contributed by atoms with E-state index >= 15 is 0 Å². The van der Waals surface area contributed by atoms with Gasteiger partial charge in [0.15, 0.2) is 5.96 Å². The normalized spacial score (nSPS) is 12.6. The lowest BCUT2D eigenvalue weighted by molar-refractivity contribution is 0.238. The van der Waals surface area contributed by atoms with E-state index in [9.17, 15) is 0 Å². The predicted octanol–water partition coefficient (Wildman–Crippen LogP) is 3.62. The minimum Gasteiger partial charge on any atom is -0.357 e. The number of guanidine groups is 1. The Morgan fingerprint density at radius 2 is 1.90 bits per heavy atom. The Morgan fingerprint density at radius 3 is 2.48 bits per heavy atom. The van der Waals surface area contributed by atoms with Crippen molar-refractivity contribution in [2.75, 3.05) is 20.1 Å². The molecule has 0 fully saturated rings. The van der Waals surface area contributed by atoms with Crippen molar-refractivity contribution in [3.05, 3.63) is 52.8 Å². The van der Waals surface area contributed by atoms with Gasteiger partial charge in [0, 0.05) is 44.0 Å². The average molecular weight is 512 g/mol. The molecule has 0 aliphatic carbocycles. The molecule has 7 heteroatoms. The van der Waals surface area contributed by atoms with Gasteiger partial charge in [0.1, 0.15) is 0 Å². The molecule has 1 aromatic carbocycles. The van der Waals surface area contributed by atoms with Gasteiger partial charge in [0.25, 0.3) is 0 Å². The van der Waals surface area contributed by atoms with E-state index in [-0.39, 0.29) is 24.0 Å². The Balaban J connectivity index is 0.00000420. The maximum atomic E-state index is 4.76. The Bertz CT molecular complexity index is 756. The summed E-state index contributed by atoms with van der Waals surface area (Å²) in [5.41, 5.74) is 4.78. The van der Waals surface area contributed by atoms with E-state index in [0.717, 1.165) is 37.7 Å². The summed E-state index contributed by atoms with van der Waals surface area (Å²) in [5, 5.41) is 11.3. The van der Waals surface area contributed by atoms with Crippen molar-refractivity contribution < 1.29 is 0 Å². The molecule has 1 aromatic heterocycles. The van der Waals surface area contributed by atoms with Crippen molar-refractivity contribution >= 4 is 29.9 Å². The number of hydrogen-bond donors (Lipinski definition) is 2. The number of nitrogens with zero attached hydrogens (tertiary/aromatic N) is 4. The van der Waals surface area contributed by atoms with Gasteiger partial charge in [-0.05, 0) is 46.7 Å². The Hall–Kier alpha value is -1.61. The smallest absolute Gasteiger partial charge is 0.191 e. The Morgan fingerprint density at radius 1 is 1.21 bits per heavy atom. The van der Waals surface area contributed by atoms with Gasteiger partial charge in [-0.3, -0.25) is 9.58 Å². The minimum absolute atomic E-state index is 0. The fraction of sp³-hybridized carbons (Fsp3) is 0.545. The van der Waals surface area contributed by atoms with Crippen LogP contribution < -0.4 is 10.6 Å². The quantitative estimate of drug-likeness (QED) is 0.306. The van der Waals surface area contributed by atoms with Crippen LogP contribution >= 0.6 is 24.0 Å². The molecule has 2 N–H and O–H groups in total. The van der Waals surface area contributed by atoms with Crippen molar-refractivity contribution in [2.24, 2.45) is 12.0 Å². The third-order valence-electron chi connectivity index (χ3n) is 5.28. The van der Waals surface area contributed by atoms with Crippen LogP contribution in [0.2, 0.25) is 0 Å². The number of halogens is 1. The van der Waals surface area contributed by atoms with Gasteiger partial charge in [-0.15, -0.1) is 24.0 Å². The van der Waals surface area contributed by atoms with Gasteiger partial charge in [0.2, 0.25) is 0 Å². The van der Waals surface area contributed by atoms with Crippen molar-refractivity contribution in [3.8, 4) is 0 Å². The molecule has 0 spiro atoms. The van der Waals surface area contributed by atoms with Crippen LogP contribution in [0.1, 0.15) is 42.8 Å². The molecule has 0 bridgehead atoms. The molecule has 0 saturated carbocycles. The number of benzene rings is 1. The molecule has 6 nitrogen and oxygen atoms in total. The fourth-order valence-corrected chi connectivity index (χ4v) is 3.19. The molecule has 0 aliphatic heterocycles. The van der Waals surface area contributed by atoms with E-state index < -0.39 is 0 Å². The third-order valence-corrected chi connectivity index (χ3v) is 5.28. The molecule has 29 heavy (non-hydrogen) atoms. The van der Waals surface area contributed by atoms with Crippen LogP contribution in [0.25, 0.3) is 0 Å². The lowest BCUT2D eigenvalue weighted by Gasteiger charge is -2.25. The summed E-state index contributed by atoms with van der Waals surface area (Å²) in [6.45, 7) is 11.8. The van der Waals surface area contributed by atoms with E-state index in [1.165, 1.54) is 16.8 Å². The monoisotopic (exact) mass is 512 g/mol. The second kappa shape index (κ2) is 12.8. The predicted molar refractivity (Wildman–Crippen MR) is 133 cm³/mol. The summed E-state index contributed by atoms with van der Waals surface area (Å²) >= 11 is 0. The minimum atomic E-state index is 0. The van der Waals surface area contributed by atoms with Crippen molar-refractivity contribution in [3.63, 3.8) is 0 Å². The van der Waals surface area contributed by atoms with E-state index in [4.69, 9.17) is 4.99 Å². The first kappa shape index (κ1) is 25.4. The van der Waals surface area contributed by atoms with E-state index in [0.29, 0.717) is 12.6 Å². The van der Waals surface area contributed by atoms with Crippen molar-refractivity contribution in [1.82, 2.24) is 25.3 Å². The average Bonchev–Trinajstić information content (AvgIpc) is 2.92. The first-order chi connectivity index (χ1) is 13.4. The molecule has 162 valence electrons. The molecule has 0 amide bonds. The van der Waals surface area contributed by atoms with E-state index in [1.54, 1.807) is 0 Å². The van der Waals surface area contributed by atoms with Crippen LogP contribution in [0, 0.1) is 13.8 Å². The zero-order chi connectivity index (χ0) is 20.5. The summed E-state index contributed by atoms with van der Waals surface area (Å²) in [4.78, 5) is 7.15. The van der Waals surface area contributed by atoms with Gasteiger partial charge in [0.05, 0.1) is 12.2 Å². The molecule has 2 rings (SSSR count). The molecule has 0 saturated heterocycles. The molecule has 0 radical (unpaired) electrons. The third kappa shape index (κ3) is 7.97. The van der Waals surface area contributed by atoms with E-state index in [1.807, 2.05) is 18.7 Å². The number of aliphatic imine (C=N–C) groups is 1. The summed E-state index contributed by atoms with van der Waals surface area (Å²) in [7, 11) is 4.16. The summed E-state index contributed by atoms with van der Waals surface area (Å²) < 4.78 is 1.92. The maximum Gasteiger partial charge on any atom is 0.191 e. The number of aryl methyl sites for hydroxylation is 2. The first-order valence-corrected chi connectivity index (χ1v) is 10.2. The standard InChI is InChI=1S/C22H36N6.HI/c1-7-23-22(25-15-21-18(3)26-28(6)19(21)4)24-14-13-17(2)27(5)16-20-11-9-8-10-12-20;/h8-12,17H,7,13-16H2,1-6H3,(H2,23,24,25);1H. The number of hydrogen-bond acceptors (Lipinski definition) is 3. The fourth-order valence-electron chi connectivity index (χ4n) is 3.19. The first-order valence-electron chi connectivity index (χ1n) is 10.2. The highest BCUT2D eigenvalue weighted by Gasteiger charge is 2.11. The molecule has 1 heterocycles. The highest BCUT2D eigenvalue weighted by atomic mass is 127. The number of rotatable bonds is 9. The van der Waals surface area contributed by atoms with Crippen LogP contribution in [-0.2, 0) is 20.1 Å². The molecular weight excluding hydrogens is 475 g/mol. The highest BCUT2D eigenvalue weighted by Crippen LogP contribution is 2.13. The van der Waals surface area contributed by atoms with Crippen LogP contribution in [-0.4, -0.2) is 46.8 Å². The van der Waals surface area contributed by atoms with E-state index in [2.05, 4.69) is 78.8 Å². The lowest BCUT2D eigenvalue weighted by atomic mass is 10.1. The molecule has 1 atom stereocenters. The van der Waals surface area contributed by atoms with Gasteiger partial charge in [-0.2, -0.15) is 5.10 Å². The van der Waals surface area contributed by atoms with Gasteiger partial charge in [-0.25, -0.2) is 4.99 Å². The largest absolute Gasteiger partial charge is 0.357 e. The van der Waals surface area contributed by atoms with Crippen LogP contribution in [0.15, 0.2) is 35.3 Å². The SMILES string of the molecule is CCNC(=NCc1c(C)nn(C)c1C)NCCC(C)N(C)Cc1ccccc1.I. The van der Waals surface area contributed by atoms with Crippen molar-refractivity contribution in [1.29, 1.82) is 0 Å². The Labute approximate surface area is 193 Å². The van der Waals surface area contributed by atoms with Gasteiger partial charge >= 0.3 is 0 Å².